The summed E-state index contributed by atoms with van der Waals surface area (Å²) in [6.45, 7) is 0.543. The standard InChI is InChI=1S/C10H13F2N2O2P/c11-5-1-2-7(12)6(3-5)9(15)10(14-17)13-8-4-16-8/h1-3,8-10,13-15H,4,17H2/t8?,9-,10?/m1/s1. The lowest BCUT2D eigenvalue weighted by Gasteiger charge is -2.23. The fraction of sp³-hybridized carbons (Fsp3) is 0.400. The highest BCUT2D eigenvalue weighted by Gasteiger charge is 2.30. The second kappa shape index (κ2) is 5.33. The van der Waals surface area contributed by atoms with Gasteiger partial charge in [0.1, 0.15) is 24.0 Å². The number of rotatable bonds is 5. The molecule has 7 heteroatoms. The summed E-state index contributed by atoms with van der Waals surface area (Å²) in [5.41, 5.74) is -0.0990. The molecule has 1 aromatic carbocycles. The Balaban J connectivity index is 2.14. The summed E-state index contributed by atoms with van der Waals surface area (Å²) < 4.78 is 31.4. The smallest absolute Gasteiger partial charge is 0.133 e. The molecule has 1 fully saturated rings. The van der Waals surface area contributed by atoms with Crippen molar-refractivity contribution in [2.75, 3.05) is 6.61 Å². The Morgan fingerprint density at radius 2 is 2.18 bits per heavy atom. The van der Waals surface area contributed by atoms with Gasteiger partial charge in [0.25, 0.3) is 0 Å². The van der Waals surface area contributed by atoms with Crippen molar-refractivity contribution in [1.29, 1.82) is 0 Å². The van der Waals surface area contributed by atoms with Crippen molar-refractivity contribution in [3.63, 3.8) is 0 Å². The quantitative estimate of drug-likeness (QED) is 0.414. The maximum Gasteiger partial charge on any atom is 0.133 e. The van der Waals surface area contributed by atoms with Crippen molar-refractivity contribution in [3.05, 3.63) is 35.4 Å². The zero-order valence-electron chi connectivity index (χ0n) is 8.86. The van der Waals surface area contributed by atoms with Crippen LogP contribution in [0, 0.1) is 11.6 Å². The monoisotopic (exact) mass is 262 g/mol. The van der Waals surface area contributed by atoms with Crippen LogP contribution >= 0.6 is 9.39 Å². The van der Waals surface area contributed by atoms with Gasteiger partial charge in [-0.1, -0.05) is 9.39 Å². The number of nitrogens with one attached hydrogen (secondary N) is 2. The summed E-state index contributed by atoms with van der Waals surface area (Å²) >= 11 is 0. The summed E-state index contributed by atoms with van der Waals surface area (Å²) in [6, 6.07) is 2.97. The van der Waals surface area contributed by atoms with Crippen LogP contribution in [0.15, 0.2) is 18.2 Å². The minimum absolute atomic E-state index is 0.0990. The van der Waals surface area contributed by atoms with Crippen LogP contribution in [-0.2, 0) is 4.74 Å². The Labute approximate surface area is 99.6 Å². The summed E-state index contributed by atoms with van der Waals surface area (Å²) in [4.78, 5) is 0. The van der Waals surface area contributed by atoms with Crippen LogP contribution < -0.4 is 10.4 Å². The molecule has 94 valence electrons. The van der Waals surface area contributed by atoms with Gasteiger partial charge < -0.3 is 9.84 Å². The molecule has 3 N–H and O–H groups in total. The molecular formula is C10H13F2N2O2P. The number of aliphatic hydroxyl groups is 1. The van der Waals surface area contributed by atoms with E-state index in [1.54, 1.807) is 0 Å². The largest absolute Gasteiger partial charge is 0.385 e. The lowest BCUT2D eigenvalue weighted by molar-refractivity contribution is 0.111. The molecule has 2 rings (SSSR count). The van der Waals surface area contributed by atoms with Gasteiger partial charge in [-0.2, -0.15) is 0 Å². The normalized spacial score (nSPS) is 22.2. The number of halogens is 2. The zero-order chi connectivity index (χ0) is 12.4. The fourth-order valence-electron chi connectivity index (χ4n) is 1.50. The molecular weight excluding hydrogens is 249 g/mol. The lowest BCUT2D eigenvalue weighted by Crippen LogP contribution is -2.44. The van der Waals surface area contributed by atoms with Gasteiger partial charge in [0, 0.05) is 5.56 Å². The van der Waals surface area contributed by atoms with Gasteiger partial charge in [-0.15, -0.1) is 0 Å². The van der Waals surface area contributed by atoms with Gasteiger partial charge in [-0.3, -0.25) is 10.4 Å². The van der Waals surface area contributed by atoms with E-state index in [0.29, 0.717) is 6.61 Å². The topological polar surface area (TPSA) is 56.8 Å². The maximum absolute atomic E-state index is 13.4. The first kappa shape index (κ1) is 12.8. The first-order valence-electron chi connectivity index (χ1n) is 5.08. The van der Waals surface area contributed by atoms with E-state index in [2.05, 4.69) is 19.8 Å². The first-order chi connectivity index (χ1) is 8.11. The van der Waals surface area contributed by atoms with Crippen LogP contribution in [0.4, 0.5) is 8.78 Å². The number of ether oxygens (including phenoxy) is 1. The van der Waals surface area contributed by atoms with Crippen LogP contribution in [0.1, 0.15) is 11.7 Å². The molecule has 3 unspecified atom stereocenters. The van der Waals surface area contributed by atoms with E-state index in [-0.39, 0.29) is 11.8 Å². The van der Waals surface area contributed by atoms with Gasteiger partial charge in [0.05, 0.1) is 12.8 Å². The van der Waals surface area contributed by atoms with Gasteiger partial charge in [0.15, 0.2) is 0 Å². The van der Waals surface area contributed by atoms with E-state index in [4.69, 9.17) is 4.74 Å². The molecule has 0 saturated carbocycles. The predicted octanol–water partition coefficient (Wildman–Crippen LogP) is 0.650. The molecule has 0 spiro atoms. The van der Waals surface area contributed by atoms with Crippen LogP contribution in [0.5, 0.6) is 0 Å². The molecule has 0 radical (unpaired) electrons. The fourth-order valence-corrected chi connectivity index (χ4v) is 1.77. The van der Waals surface area contributed by atoms with Gasteiger partial charge in [-0.25, -0.2) is 8.78 Å². The van der Waals surface area contributed by atoms with E-state index in [1.165, 1.54) is 0 Å². The van der Waals surface area contributed by atoms with E-state index in [9.17, 15) is 13.9 Å². The summed E-state index contributed by atoms with van der Waals surface area (Å²) in [5, 5.41) is 15.6. The van der Waals surface area contributed by atoms with Crippen molar-refractivity contribution in [3.8, 4) is 0 Å². The Bertz CT molecular complexity index is 404. The molecule has 0 amide bonds. The second-order valence-electron chi connectivity index (χ2n) is 3.74. The van der Waals surface area contributed by atoms with E-state index >= 15 is 0 Å². The van der Waals surface area contributed by atoms with E-state index in [1.807, 2.05) is 0 Å². The highest BCUT2D eigenvalue weighted by molar-refractivity contribution is 7.13. The molecule has 4 atom stereocenters. The third kappa shape index (κ3) is 3.18. The third-order valence-electron chi connectivity index (χ3n) is 2.47. The number of hydrogen-bond donors (Lipinski definition) is 3. The minimum atomic E-state index is -1.22. The van der Waals surface area contributed by atoms with E-state index < -0.39 is 23.9 Å². The lowest BCUT2D eigenvalue weighted by atomic mass is 10.1. The van der Waals surface area contributed by atoms with Gasteiger partial charge in [-0.05, 0) is 18.2 Å². The Kier molecular flexibility index (Phi) is 4.01. The number of benzene rings is 1. The molecule has 1 aromatic rings. The van der Waals surface area contributed by atoms with Crippen molar-refractivity contribution in [1.82, 2.24) is 10.4 Å². The molecule has 0 aliphatic carbocycles. The molecule has 4 nitrogen and oxygen atoms in total. The third-order valence-corrected chi connectivity index (χ3v) is 2.83. The van der Waals surface area contributed by atoms with Crippen LogP contribution in [0.25, 0.3) is 0 Å². The zero-order valence-corrected chi connectivity index (χ0v) is 10.0. The first-order valence-corrected chi connectivity index (χ1v) is 5.66. The second-order valence-corrected chi connectivity index (χ2v) is 4.08. The van der Waals surface area contributed by atoms with Gasteiger partial charge >= 0.3 is 0 Å². The minimum Gasteiger partial charge on any atom is -0.385 e. The van der Waals surface area contributed by atoms with Crippen molar-refractivity contribution >= 4 is 9.39 Å². The molecule has 1 heterocycles. The van der Waals surface area contributed by atoms with Gasteiger partial charge in [0.2, 0.25) is 0 Å². The Morgan fingerprint density at radius 1 is 1.47 bits per heavy atom. The predicted molar refractivity (Wildman–Crippen MR) is 60.8 cm³/mol. The summed E-state index contributed by atoms with van der Waals surface area (Å²) in [5.74, 6) is -1.24. The van der Waals surface area contributed by atoms with Crippen LogP contribution in [0.3, 0.4) is 0 Å². The molecule has 1 aliphatic rings. The molecule has 1 saturated heterocycles. The molecule has 17 heavy (non-hydrogen) atoms. The van der Waals surface area contributed by atoms with Crippen LogP contribution in [0.2, 0.25) is 0 Å². The summed E-state index contributed by atoms with van der Waals surface area (Å²) in [7, 11) is 2.21. The maximum atomic E-state index is 13.4. The Hall–Kier alpha value is -0.650. The Morgan fingerprint density at radius 3 is 2.76 bits per heavy atom. The molecule has 0 bridgehead atoms. The average molecular weight is 262 g/mol. The highest BCUT2D eigenvalue weighted by Crippen LogP contribution is 2.22. The molecule has 1 aliphatic heterocycles. The number of aliphatic hydroxyl groups excluding tert-OH is 1. The van der Waals surface area contributed by atoms with Crippen molar-refractivity contribution < 1.29 is 18.6 Å². The van der Waals surface area contributed by atoms with Crippen molar-refractivity contribution in [2.24, 2.45) is 0 Å². The molecule has 0 aromatic heterocycles. The highest BCUT2D eigenvalue weighted by atomic mass is 31.0. The van der Waals surface area contributed by atoms with Crippen molar-refractivity contribution in [2.45, 2.75) is 18.5 Å². The SMILES string of the molecule is O[C@H](c1cc(F)ccc1F)C(NP)NC1CO1. The van der Waals surface area contributed by atoms with E-state index in [0.717, 1.165) is 18.2 Å². The number of hydrogen-bond acceptors (Lipinski definition) is 4. The van der Waals surface area contributed by atoms with Crippen LogP contribution in [-0.4, -0.2) is 24.1 Å². The summed E-state index contributed by atoms with van der Waals surface area (Å²) in [6.07, 6.45) is -2.00. The number of epoxide rings is 1. The average Bonchev–Trinajstić information content (AvgIpc) is 3.12.